The third-order valence-corrected chi connectivity index (χ3v) is 3.97. The summed E-state index contributed by atoms with van der Waals surface area (Å²) in [5, 5.41) is 0. The molecule has 1 aliphatic rings. The highest BCUT2D eigenvalue weighted by atomic mass is 19.1. The number of carbonyl (C=O) groups excluding carboxylic acids is 1. The van der Waals surface area contributed by atoms with E-state index in [0.717, 1.165) is 13.0 Å². The van der Waals surface area contributed by atoms with Crippen LogP contribution in [-0.2, 0) is 11.2 Å². The van der Waals surface area contributed by atoms with Crippen LogP contribution in [-0.4, -0.2) is 29.8 Å². The van der Waals surface area contributed by atoms with Crippen LogP contribution >= 0.6 is 0 Å². The number of hydrogen-bond donors (Lipinski definition) is 0. The van der Waals surface area contributed by atoms with Crippen molar-refractivity contribution >= 4 is 5.78 Å². The van der Waals surface area contributed by atoms with Crippen LogP contribution in [0.25, 0.3) is 0 Å². The number of nitrogens with zero attached hydrogens (tertiary/aromatic N) is 1. The molecule has 0 bridgehead atoms. The molecule has 104 valence electrons. The average Bonchev–Trinajstić information content (AvgIpc) is 2.37. The van der Waals surface area contributed by atoms with Crippen molar-refractivity contribution in [1.29, 1.82) is 0 Å². The van der Waals surface area contributed by atoms with Crippen molar-refractivity contribution in [2.75, 3.05) is 13.1 Å². The highest BCUT2D eigenvalue weighted by molar-refractivity contribution is 5.82. The van der Waals surface area contributed by atoms with E-state index in [1.807, 2.05) is 0 Å². The van der Waals surface area contributed by atoms with Gasteiger partial charge in [0, 0.05) is 19.0 Å². The van der Waals surface area contributed by atoms with Gasteiger partial charge in [-0.3, -0.25) is 9.69 Å². The van der Waals surface area contributed by atoms with Crippen molar-refractivity contribution < 1.29 is 9.18 Å². The summed E-state index contributed by atoms with van der Waals surface area (Å²) in [4.78, 5) is 14.3. The summed E-state index contributed by atoms with van der Waals surface area (Å²) in [5.41, 5.74) is 0.505. The van der Waals surface area contributed by atoms with Crippen molar-refractivity contribution in [2.24, 2.45) is 5.92 Å². The van der Waals surface area contributed by atoms with Gasteiger partial charge in [0.15, 0.2) is 5.78 Å². The lowest BCUT2D eigenvalue weighted by atomic mass is 9.94. The quantitative estimate of drug-likeness (QED) is 0.832. The van der Waals surface area contributed by atoms with Gasteiger partial charge in [-0.05, 0) is 37.3 Å². The minimum atomic E-state index is -0.282. The van der Waals surface area contributed by atoms with Crippen LogP contribution in [0, 0.1) is 11.7 Å². The number of likely N-dealkylation sites (tertiary alicyclic amines) is 1. The van der Waals surface area contributed by atoms with Crippen LogP contribution in [0.3, 0.4) is 0 Å². The van der Waals surface area contributed by atoms with Gasteiger partial charge in [0.2, 0.25) is 0 Å². The second kappa shape index (κ2) is 6.29. The number of benzene rings is 1. The highest BCUT2D eigenvalue weighted by Crippen LogP contribution is 2.21. The Morgan fingerprint density at radius 1 is 1.32 bits per heavy atom. The van der Waals surface area contributed by atoms with E-state index in [1.54, 1.807) is 18.2 Å². The Morgan fingerprint density at radius 3 is 2.79 bits per heavy atom. The van der Waals surface area contributed by atoms with E-state index in [1.165, 1.54) is 12.5 Å². The van der Waals surface area contributed by atoms with Gasteiger partial charge in [0.1, 0.15) is 5.82 Å². The van der Waals surface area contributed by atoms with Crippen molar-refractivity contribution in [2.45, 2.75) is 39.2 Å². The van der Waals surface area contributed by atoms with E-state index in [2.05, 4.69) is 18.7 Å². The first-order valence-corrected chi connectivity index (χ1v) is 7.05. The molecule has 0 saturated carbocycles. The van der Waals surface area contributed by atoms with Crippen molar-refractivity contribution in [3.63, 3.8) is 0 Å². The lowest BCUT2D eigenvalue weighted by Gasteiger charge is -2.36. The van der Waals surface area contributed by atoms with Gasteiger partial charge < -0.3 is 0 Å². The zero-order valence-electron chi connectivity index (χ0n) is 11.7. The van der Waals surface area contributed by atoms with Gasteiger partial charge in [-0.25, -0.2) is 4.39 Å². The molecule has 1 aromatic carbocycles. The number of Topliss-reactive ketones (excluding diaryl/α,β-unsaturated/α-hetero) is 1. The molecule has 0 aliphatic carbocycles. The lowest BCUT2D eigenvalue weighted by Crippen LogP contribution is -2.44. The molecule has 2 unspecified atom stereocenters. The number of halogens is 1. The number of ketones is 1. The summed E-state index contributed by atoms with van der Waals surface area (Å²) in [5.74, 6) is 0.472. The summed E-state index contributed by atoms with van der Waals surface area (Å²) >= 11 is 0. The third kappa shape index (κ3) is 3.87. The number of piperidine rings is 1. The zero-order valence-corrected chi connectivity index (χ0v) is 11.7. The molecule has 19 heavy (non-hydrogen) atoms. The molecule has 1 saturated heterocycles. The molecule has 0 spiro atoms. The molecule has 1 aromatic rings. The van der Waals surface area contributed by atoms with E-state index in [4.69, 9.17) is 0 Å². The minimum absolute atomic E-state index is 0.103. The Bertz CT molecular complexity index is 446. The maximum absolute atomic E-state index is 13.5. The van der Waals surface area contributed by atoms with Gasteiger partial charge in [-0.1, -0.05) is 25.1 Å². The number of carbonyl (C=O) groups is 1. The van der Waals surface area contributed by atoms with Gasteiger partial charge in [0.05, 0.1) is 6.54 Å². The second-order valence-electron chi connectivity index (χ2n) is 5.77. The maximum atomic E-state index is 13.5. The average molecular weight is 263 g/mol. The van der Waals surface area contributed by atoms with Crippen LogP contribution in [0.5, 0.6) is 0 Å². The van der Waals surface area contributed by atoms with Gasteiger partial charge >= 0.3 is 0 Å². The minimum Gasteiger partial charge on any atom is -0.298 e. The largest absolute Gasteiger partial charge is 0.298 e. The molecule has 2 nitrogen and oxygen atoms in total. The smallest absolute Gasteiger partial charge is 0.151 e. The Hall–Kier alpha value is -1.22. The van der Waals surface area contributed by atoms with Crippen molar-refractivity contribution in [3.8, 4) is 0 Å². The van der Waals surface area contributed by atoms with E-state index in [9.17, 15) is 9.18 Å². The predicted octanol–water partition coefficient (Wildman–Crippen LogP) is 3.06. The molecule has 2 rings (SSSR count). The monoisotopic (exact) mass is 263 g/mol. The Balaban J connectivity index is 1.92. The standard InChI is InChI=1S/C16H22FNO/c1-12-7-8-13(2)18(10-12)11-15(19)9-14-5-3-4-6-16(14)17/h3-6,12-13H,7-11H2,1-2H3. The first-order valence-electron chi connectivity index (χ1n) is 7.05. The van der Waals surface area contributed by atoms with Gasteiger partial charge in [-0.2, -0.15) is 0 Å². The van der Waals surface area contributed by atoms with Crippen LogP contribution in [0.4, 0.5) is 4.39 Å². The van der Waals surface area contributed by atoms with Crippen molar-refractivity contribution in [1.82, 2.24) is 4.90 Å². The zero-order chi connectivity index (χ0) is 13.8. The topological polar surface area (TPSA) is 20.3 Å². The lowest BCUT2D eigenvalue weighted by molar-refractivity contribution is -0.120. The first kappa shape index (κ1) is 14.2. The van der Waals surface area contributed by atoms with Gasteiger partial charge in [-0.15, -0.1) is 0 Å². The van der Waals surface area contributed by atoms with Crippen LogP contribution in [0.15, 0.2) is 24.3 Å². The Labute approximate surface area is 114 Å². The first-order chi connectivity index (χ1) is 9.06. The van der Waals surface area contributed by atoms with E-state index in [0.29, 0.717) is 24.1 Å². The fourth-order valence-electron chi connectivity index (χ4n) is 2.74. The molecule has 2 atom stereocenters. The normalized spacial score (nSPS) is 24.4. The molecule has 3 heteroatoms. The molecule has 0 amide bonds. The summed E-state index contributed by atoms with van der Waals surface area (Å²) in [6, 6.07) is 6.99. The van der Waals surface area contributed by atoms with Gasteiger partial charge in [0.25, 0.3) is 0 Å². The molecule has 0 aromatic heterocycles. The molecular weight excluding hydrogens is 241 g/mol. The number of hydrogen-bond acceptors (Lipinski definition) is 2. The fraction of sp³-hybridized carbons (Fsp3) is 0.562. The molecule has 0 radical (unpaired) electrons. The Morgan fingerprint density at radius 2 is 2.05 bits per heavy atom. The third-order valence-electron chi connectivity index (χ3n) is 3.97. The highest BCUT2D eigenvalue weighted by Gasteiger charge is 2.24. The summed E-state index contributed by atoms with van der Waals surface area (Å²) in [7, 11) is 0. The number of rotatable bonds is 4. The van der Waals surface area contributed by atoms with Crippen LogP contribution in [0.1, 0.15) is 32.3 Å². The second-order valence-corrected chi connectivity index (χ2v) is 5.77. The van der Waals surface area contributed by atoms with Crippen molar-refractivity contribution in [3.05, 3.63) is 35.6 Å². The summed E-state index contributed by atoms with van der Waals surface area (Å²) < 4.78 is 13.5. The summed E-state index contributed by atoms with van der Waals surface area (Å²) in [6.45, 7) is 5.81. The molecule has 0 N–H and O–H groups in total. The molecule has 1 aliphatic heterocycles. The van der Waals surface area contributed by atoms with E-state index in [-0.39, 0.29) is 18.0 Å². The Kier molecular flexibility index (Phi) is 4.70. The predicted molar refractivity (Wildman–Crippen MR) is 74.5 cm³/mol. The molecule has 1 heterocycles. The summed E-state index contributed by atoms with van der Waals surface area (Å²) in [6.07, 6.45) is 2.58. The maximum Gasteiger partial charge on any atom is 0.151 e. The van der Waals surface area contributed by atoms with Crippen LogP contribution in [0.2, 0.25) is 0 Å². The fourth-order valence-corrected chi connectivity index (χ4v) is 2.74. The molecule has 1 fully saturated rings. The SMILES string of the molecule is CC1CCC(C)N(CC(=O)Cc2ccccc2F)C1. The van der Waals surface area contributed by atoms with Crippen LogP contribution < -0.4 is 0 Å². The molecular formula is C16H22FNO. The van der Waals surface area contributed by atoms with E-state index < -0.39 is 0 Å². The van der Waals surface area contributed by atoms with E-state index >= 15 is 0 Å².